The molecule has 2 nitrogen and oxygen atoms in total. The number of benzene rings is 1. The molecule has 1 rings (SSSR count). The predicted molar refractivity (Wildman–Crippen MR) is 63.5 cm³/mol. The van der Waals surface area contributed by atoms with Crippen LogP contribution in [0.25, 0.3) is 0 Å². The maximum atomic E-state index is 9.92. The second kappa shape index (κ2) is 4.24. The van der Waals surface area contributed by atoms with Gasteiger partial charge in [0, 0.05) is 10.9 Å². The van der Waals surface area contributed by atoms with E-state index in [9.17, 15) is 5.11 Å². The van der Waals surface area contributed by atoms with Gasteiger partial charge in [0.1, 0.15) is 0 Å². The Hall–Kier alpha value is -0.670. The van der Waals surface area contributed by atoms with Crippen molar-refractivity contribution in [3.05, 3.63) is 29.3 Å². The van der Waals surface area contributed by atoms with Crippen LogP contribution in [0.4, 0.5) is 5.69 Å². The molecule has 3 heteroatoms. The number of hydrogen-bond acceptors (Lipinski definition) is 2. The first kappa shape index (κ1) is 11.4. The number of halogens is 1. The van der Waals surface area contributed by atoms with E-state index >= 15 is 0 Å². The minimum absolute atomic E-state index is 0.738. The van der Waals surface area contributed by atoms with Crippen molar-refractivity contribution < 1.29 is 5.11 Å². The van der Waals surface area contributed by atoms with E-state index < -0.39 is 5.60 Å². The van der Waals surface area contributed by atoms with Crippen LogP contribution < -0.4 is 0 Å². The van der Waals surface area contributed by atoms with E-state index in [0.717, 1.165) is 22.1 Å². The van der Waals surface area contributed by atoms with E-state index in [4.69, 9.17) is 0 Å². The Morgan fingerprint density at radius 2 is 2.14 bits per heavy atom. The van der Waals surface area contributed by atoms with Crippen LogP contribution in [-0.2, 0) is 10.9 Å². The first-order valence-corrected chi connectivity index (χ1v) is 5.49. The Balaban J connectivity index is 3.29. The average molecular weight is 256 g/mol. The van der Waals surface area contributed by atoms with Gasteiger partial charge in [-0.25, -0.2) is 0 Å². The fourth-order valence-corrected chi connectivity index (χ4v) is 1.64. The predicted octanol–water partition coefficient (Wildman–Crippen LogP) is 3.14. The maximum absolute atomic E-state index is 9.92. The Kier molecular flexibility index (Phi) is 3.45. The Morgan fingerprint density at radius 3 is 2.57 bits per heavy atom. The highest BCUT2D eigenvalue weighted by Crippen LogP contribution is 2.30. The molecule has 0 atom stereocenters. The third kappa shape index (κ3) is 2.42. The summed E-state index contributed by atoms with van der Waals surface area (Å²) in [5, 5.41) is 10.7. The molecule has 0 amide bonds. The summed E-state index contributed by atoms with van der Waals surface area (Å²) >= 11 is 3.38. The minimum Gasteiger partial charge on any atom is -0.386 e. The van der Waals surface area contributed by atoms with Crippen LogP contribution in [0.2, 0.25) is 0 Å². The summed E-state index contributed by atoms with van der Waals surface area (Å²) in [6, 6.07) is 5.78. The summed E-state index contributed by atoms with van der Waals surface area (Å²) < 4.78 is 0. The van der Waals surface area contributed by atoms with Crippen molar-refractivity contribution in [1.82, 2.24) is 0 Å². The van der Waals surface area contributed by atoms with Crippen LogP contribution in [0.1, 0.15) is 25.0 Å². The Labute approximate surface area is 92.8 Å². The number of aliphatic hydroxyl groups is 1. The van der Waals surface area contributed by atoms with Crippen LogP contribution >= 0.6 is 15.9 Å². The topological polar surface area (TPSA) is 32.6 Å². The largest absolute Gasteiger partial charge is 0.386 e. The van der Waals surface area contributed by atoms with Gasteiger partial charge in [-0.1, -0.05) is 22.0 Å². The van der Waals surface area contributed by atoms with Gasteiger partial charge < -0.3 is 5.11 Å². The van der Waals surface area contributed by atoms with Crippen molar-refractivity contribution >= 4 is 28.3 Å². The fourth-order valence-electron chi connectivity index (χ4n) is 1.29. The highest BCUT2D eigenvalue weighted by Gasteiger charge is 2.19. The van der Waals surface area contributed by atoms with Crippen LogP contribution in [0.3, 0.4) is 0 Å². The quantitative estimate of drug-likeness (QED) is 0.654. The van der Waals surface area contributed by atoms with E-state index in [-0.39, 0.29) is 0 Å². The van der Waals surface area contributed by atoms with E-state index in [2.05, 4.69) is 27.6 Å². The molecule has 0 heterocycles. The Bertz CT molecular complexity index is 342. The molecule has 0 fully saturated rings. The van der Waals surface area contributed by atoms with Gasteiger partial charge in [-0.15, -0.1) is 0 Å². The summed E-state index contributed by atoms with van der Waals surface area (Å²) in [4.78, 5) is 3.89. The highest BCUT2D eigenvalue weighted by atomic mass is 79.9. The zero-order valence-corrected chi connectivity index (χ0v) is 10.0. The molecule has 0 aromatic heterocycles. The van der Waals surface area contributed by atoms with Crippen molar-refractivity contribution in [1.29, 1.82) is 0 Å². The molecule has 0 saturated heterocycles. The van der Waals surface area contributed by atoms with E-state index in [1.807, 2.05) is 18.2 Å². The summed E-state index contributed by atoms with van der Waals surface area (Å²) in [6.45, 7) is 6.98. The first-order valence-electron chi connectivity index (χ1n) is 4.37. The average Bonchev–Trinajstić information content (AvgIpc) is 2.15. The number of aliphatic imine (C=N–C) groups is 1. The summed E-state index contributed by atoms with van der Waals surface area (Å²) in [5.41, 5.74) is 1.79. The number of hydrogen-bond donors (Lipinski definition) is 1. The lowest BCUT2D eigenvalue weighted by Crippen LogP contribution is -2.15. The van der Waals surface area contributed by atoms with E-state index in [1.54, 1.807) is 13.8 Å². The zero-order valence-electron chi connectivity index (χ0n) is 8.42. The molecule has 0 radical (unpaired) electrons. The summed E-state index contributed by atoms with van der Waals surface area (Å²) in [6.07, 6.45) is 0. The van der Waals surface area contributed by atoms with Gasteiger partial charge in [-0.3, -0.25) is 4.99 Å². The highest BCUT2D eigenvalue weighted by molar-refractivity contribution is 9.08. The monoisotopic (exact) mass is 255 g/mol. The molecule has 0 unspecified atom stereocenters. The number of nitrogens with zero attached hydrogens (tertiary/aromatic N) is 1. The van der Waals surface area contributed by atoms with Gasteiger partial charge >= 0.3 is 0 Å². The molecule has 14 heavy (non-hydrogen) atoms. The molecule has 0 aliphatic rings. The molecule has 1 aromatic carbocycles. The molecule has 1 N–H and O–H groups in total. The smallest absolute Gasteiger partial charge is 0.0861 e. The third-order valence-electron chi connectivity index (χ3n) is 2.04. The van der Waals surface area contributed by atoms with Crippen LogP contribution in [0, 0.1) is 0 Å². The van der Waals surface area contributed by atoms with Gasteiger partial charge in [-0.05, 0) is 38.3 Å². The van der Waals surface area contributed by atoms with Crippen LogP contribution in [0.15, 0.2) is 23.2 Å². The molecular formula is C11H14BrNO. The molecule has 76 valence electrons. The molecule has 0 aliphatic heterocycles. The number of alkyl halides is 1. The standard InChI is InChI=1S/C11H14BrNO/c1-11(2,14)9-6-8(7-12)4-5-10(9)13-3/h4-6,14H,3,7H2,1-2H3. The second-order valence-corrected chi connectivity index (χ2v) is 4.26. The summed E-state index contributed by atoms with van der Waals surface area (Å²) in [7, 11) is 0. The lowest BCUT2D eigenvalue weighted by molar-refractivity contribution is 0.0792. The van der Waals surface area contributed by atoms with Gasteiger partial charge in [-0.2, -0.15) is 0 Å². The fraction of sp³-hybridized carbons (Fsp3) is 0.364. The molecule has 0 spiro atoms. The van der Waals surface area contributed by atoms with Crippen molar-refractivity contribution in [2.45, 2.75) is 24.8 Å². The van der Waals surface area contributed by atoms with Crippen LogP contribution in [-0.4, -0.2) is 11.8 Å². The molecule has 0 aliphatic carbocycles. The van der Waals surface area contributed by atoms with Crippen molar-refractivity contribution in [3.8, 4) is 0 Å². The minimum atomic E-state index is -0.880. The summed E-state index contributed by atoms with van der Waals surface area (Å²) in [5.74, 6) is 0. The second-order valence-electron chi connectivity index (χ2n) is 3.70. The van der Waals surface area contributed by atoms with E-state index in [0.29, 0.717) is 0 Å². The van der Waals surface area contributed by atoms with Gasteiger partial charge in [0.2, 0.25) is 0 Å². The normalized spacial score (nSPS) is 11.4. The number of rotatable bonds is 3. The van der Waals surface area contributed by atoms with Crippen LogP contribution in [0.5, 0.6) is 0 Å². The Morgan fingerprint density at radius 1 is 1.50 bits per heavy atom. The lowest BCUT2D eigenvalue weighted by Gasteiger charge is -2.20. The molecule has 1 aromatic rings. The lowest BCUT2D eigenvalue weighted by atomic mass is 9.95. The first-order chi connectivity index (χ1) is 6.49. The van der Waals surface area contributed by atoms with Crippen molar-refractivity contribution in [2.24, 2.45) is 4.99 Å². The molecular weight excluding hydrogens is 242 g/mol. The maximum Gasteiger partial charge on any atom is 0.0861 e. The zero-order chi connectivity index (χ0) is 10.8. The van der Waals surface area contributed by atoms with Crippen molar-refractivity contribution in [2.75, 3.05) is 0 Å². The third-order valence-corrected chi connectivity index (χ3v) is 2.69. The van der Waals surface area contributed by atoms with Gasteiger partial charge in [0.25, 0.3) is 0 Å². The molecule has 0 bridgehead atoms. The SMILES string of the molecule is C=Nc1ccc(CBr)cc1C(C)(C)O. The molecule has 0 saturated carbocycles. The van der Waals surface area contributed by atoms with E-state index in [1.165, 1.54) is 0 Å². The van der Waals surface area contributed by atoms with Gasteiger partial charge in [0.15, 0.2) is 0 Å². The van der Waals surface area contributed by atoms with Gasteiger partial charge in [0.05, 0.1) is 11.3 Å². The van der Waals surface area contributed by atoms with Crippen molar-refractivity contribution in [3.63, 3.8) is 0 Å².